The summed E-state index contributed by atoms with van der Waals surface area (Å²) in [5.74, 6) is -1.11. The van der Waals surface area contributed by atoms with Crippen LogP contribution in [0.1, 0.15) is 55.4 Å². The molecule has 174 valence electrons. The van der Waals surface area contributed by atoms with Crippen LogP contribution in [0.3, 0.4) is 0 Å². The third-order valence-electron chi connectivity index (χ3n) is 5.78. The number of benzene rings is 2. The number of carbonyl (C=O) groups is 2. The first-order chi connectivity index (χ1) is 16.1. The van der Waals surface area contributed by atoms with Gasteiger partial charge in [-0.15, -0.1) is 0 Å². The lowest BCUT2D eigenvalue weighted by molar-refractivity contribution is 0.0382. The molecule has 0 N–H and O–H groups in total. The van der Waals surface area contributed by atoms with Crippen LogP contribution in [-0.2, 0) is 4.74 Å². The Kier molecular flexibility index (Phi) is 6.20. The van der Waals surface area contributed by atoms with Crippen molar-refractivity contribution in [3.8, 4) is 0 Å². The zero-order valence-corrected chi connectivity index (χ0v) is 19.6. The van der Waals surface area contributed by atoms with Gasteiger partial charge in [0, 0.05) is 24.2 Å². The Balaban J connectivity index is 1.56. The first kappa shape index (κ1) is 23.2. The second-order valence-electron chi connectivity index (χ2n) is 8.87. The lowest BCUT2D eigenvalue weighted by atomic mass is 10.1. The molecule has 0 spiro atoms. The Labute approximate surface area is 196 Å². The van der Waals surface area contributed by atoms with Crippen molar-refractivity contribution in [2.75, 3.05) is 0 Å². The molecule has 2 aromatic carbocycles. The van der Waals surface area contributed by atoms with Crippen LogP contribution in [0.25, 0.3) is 0 Å². The normalized spacial score (nSPS) is 17.1. The van der Waals surface area contributed by atoms with Gasteiger partial charge in [0.25, 0.3) is 11.5 Å². The summed E-state index contributed by atoms with van der Waals surface area (Å²) in [6.45, 7) is 7.52. The molecule has 0 bridgehead atoms. The highest BCUT2D eigenvalue weighted by atomic mass is 16.5. The number of hydrogen-bond donors (Lipinski definition) is 0. The fraction of sp³-hybridized carbons (Fsp3) is 0.259. The van der Waals surface area contributed by atoms with Crippen LogP contribution in [0.15, 0.2) is 70.4 Å². The van der Waals surface area contributed by atoms with Gasteiger partial charge in [-0.2, -0.15) is 4.57 Å². The van der Waals surface area contributed by atoms with Gasteiger partial charge >= 0.3 is 11.7 Å². The van der Waals surface area contributed by atoms with Crippen molar-refractivity contribution in [2.24, 2.45) is 0 Å². The Hall–Kier alpha value is -4.00. The average Bonchev–Trinajstić information content (AvgIpc) is 3.20. The summed E-state index contributed by atoms with van der Waals surface area (Å²) >= 11 is 0. The van der Waals surface area contributed by atoms with Crippen molar-refractivity contribution in [1.29, 1.82) is 0 Å². The third kappa shape index (κ3) is 4.69. The van der Waals surface area contributed by atoms with E-state index in [1.165, 1.54) is 16.8 Å². The number of nitrogens with zero attached hydrogens (tertiary/aromatic N) is 2. The zero-order chi connectivity index (χ0) is 24.6. The summed E-state index contributed by atoms with van der Waals surface area (Å²) in [6, 6.07) is 11.5. The van der Waals surface area contributed by atoms with Crippen LogP contribution < -0.4 is 11.2 Å². The summed E-state index contributed by atoms with van der Waals surface area (Å²) in [4.78, 5) is 51.2. The van der Waals surface area contributed by atoms with Crippen molar-refractivity contribution < 1.29 is 14.3 Å². The standard InChI is InChI=1S/C27H26N2O5/c1-16-9-17(2)12-20(11-16)25(31)29-24(30)7-8-28(27(29)33)22-5-6-23(15-22)34-26(32)21-13-18(3)10-19(4)14-21/h5-14,22-23H,15H2,1-4H3. The highest BCUT2D eigenvalue weighted by Crippen LogP contribution is 2.25. The lowest BCUT2D eigenvalue weighted by Crippen LogP contribution is -2.44. The van der Waals surface area contributed by atoms with E-state index in [0.717, 1.165) is 22.3 Å². The molecule has 0 saturated heterocycles. The molecule has 1 aliphatic carbocycles. The third-order valence-corrected chi connectivity index (χ3v) is 5.78. The van der Waals surface area contributed by atoms with Crippen molar-refractivity contribution >= 4 is 11.9 Å². The molecule has 2 unspecified atom stereocenters. The smallest absolute Gasteiger partial charge is 0.338 e. The fourth-order valence-electron chi connectivity index (χ4n) is 4.40. The maximum atomic E-state index is 13.2. The van der Waals surface area contributed by atoms with Crippen LogP contribution in [0, 0.1) is 27.7 Å². The SMILES string of the molecule is Cc1cc(C)cc(C(=O)OC2C=CC(n3ccc(=O)n(C(=O)c4cc(C)cc(C)c4)c3=O)C2)c1. The number of aromatic nitrogens is 2. The zero-order valence-electron chi connectivity index (χ0n) is 19.6. The molecule has 1 aliphatic rings. The lowest BCUT2D eigenvalue weighted by Gasteiger charge is -2.17. The number of esters is 1. The topological polar surface area (TPSA) is 87.4 Å². The molecule has 1 heterocycles. The summed E-state index contributed by atoms with van der Waals surface area (Å²) in [5, 5.41) is 0. The van der Waals surface area contributed by atoms with Gasteiger partial charge in [-0.05, 0) is 58.0 Å². The van der Waals surface area contributed by atoms with Gasteiger partial charge < -0.3 is 4.74 Å². The Morgan fingerprint density at radius 3 is 1.97 bits per heavy atom. The molecule has 0 saturated carbocycles. The number of hydrogen-bond acceptors (Lipinski definition) is 5. The second-order valence-corrected chi connectivity index (χ2v) is 8.87. The Bertz CT molecular complexity index is 1400. The molecule has 0 fully saturated rings. The minimum absolute atomic E-state index is 0.275. The maximum absolute atomic E-state index is 13.2. The van der Waals surface area contributed by atoms with Crippen LogP contribution >= 0.6 is 0 Å². The molecule has 3 aromatic rings. The minimum Gasteiger partial charge on any atom is -0.454 e. The highest BCUT2D eigenvalue weighted by Gasteiger charge is 2.26. The summed E-state index contributed by atoms with van der Waals surface area (Å²) < 4.78 is 7.59. The summed E-state index contributed by atoms with van der Waals surface area (Å²) in [6.07, 6.45) is 4.64. The summed E-state index contributed by atoms with van der Waals surface area (Å²) in [5.41, 5.74) is 2.98. The fourth-order valence-corrected chi connectivity index (χ4v) is 4.40. The van der Waals surface area contributed by atoms with E-state index < -0.39 is 35.3 Å². The number of carbonyl (C=O) groups excluding carboxylic acids is 2. The van der Waals surface area contributed by atoms with E-state index in [2.05, 4.69) is 0 Å². The quantitative estimate of drug-likeness (QED) is 0.440. The van der Waals surface area contributed by atoms with Gasteiger partial charge in [-0.25, -0.2) is 9.59 Å². The van der Waals surface area contributed by atoms with Crippen molar-refractivity contribution in [3.63, 3.8) is 0 Å². The second kappa shape index (κ2) is 9.09. The van der Waals surface area contributed by atoms with E-state index >= 15 is 0 Å². The van der Waals surface area contributed by atoms with E-state index in [-0.39, 0.29) is 5.56 Å². The van der Waals surface area contributed by atoms with Crippen LogP contribution in [0.5, 0.6) is 0 Å². The molecule has 7 nitrogen and oxygen atoms in total. The first-order valence-corrected chi connectivity index (χ1v) is 11.1. The monoisotopic (exact) mass is 458 g/mol. The van der Waals surface area contributed by atoms with Gasteiger partial charge in [-0.3, -0.25) is 14.2 Å². The van der Waals surface area contributed by atoms with Crippen molar-refractivity contribution in [2.45, 2.75) is 46.3 Å². The van der Waals surface area contributed by atoms with E-state index in [4.69, 9.17) is 4.74 Å². The minimum atomic E-state index is -0.729. The number of rotatable bonds is 4. The molecular weight excluding hydrogens is 432 g/mol. The number of aryl methyl sites for hydroxylation is 4. The van der Waals surface area contributed by atoms with E-state index in [1.54, 1.807) is 36.4 Å². The maximum Gasteiger partial charge on any atom is 0.338 e. The van der Waals surface area contributed by atoms with E-state index in [1.807, 2.05) is 39.8 Å². The first-order valence-electron chi connectivity index (χ1n) is 11.1. The van der Waals surface area contributed by atoms with Gasteiger partial charge in [0.2, 0.25) is 0 Å². The highest BCUT2D eigenvalue weighted by molar-refractivity contribution is 5.96. The predicted molar refractivity (Wildman–Crippen MR) is 129 cm³/mol. The molecule has 0 aliphatic heterocycles. The van der Waals surface area contributed by atoms with Gasteiger partial charge in [0.1, 0.15) is 6.10 Å². The molecule has 0 radical (unpaired) electrons. The largest absolute Gasteiger partial charge is 0.454 e. The van der Waals surface area contributed by atoms with E-state index in [0.29, 0.717) is 16.6 Å². The van der Waals surface area contributed by atoms with Gasteiger partial charge in [0.15, 0.2) is 0 Å². The van der Waals surface area contributed by atoms with Crippen LogP contribution in [0.4, 0.5) is 0 Å². The van der Waals surface area contributed by atoms with Crippen molar-refractivity contribution in [1.82, 2.24) is 9.13 Å². The Morgan fingerprint density at radius 2 is 1.38 bits per heavy atom. The van der Waals surface area contributed by atoms with E-state index in [9.17, 15) is 19.2 Å². The molecule has 2 atom stereocenters. The molecular formula is C27H26N2O5. The number of allylic oxidation sites excluding steroid dienone is 1. The van der Waals surface area contributed by atoms with Gasteiger partial charge in [-0.1, -0.05) is 40.5 Å². The summed E-state index contributed by atoms with van der Waals surface area (Å²) in [7, 11) is 0. The molecule has 0 amide bonds. The molecule has 1 aromatic heterocycles. The van der Waals surface area contributed by atoms with Crippen molar-refractivity contribution in [3.05, 3.63) is 115 Å². The average molecular weight is 459 g/mol. The molecule has 4 rings (SSSR count). The number of ether oxygens (including phenoxy) is 1. The molecule has 7 heteroatoms. The van der Waals surface area contributed by atoms with Gasteiger partial charge in [0.05, 0.1) is 11.6 Å². The van der Waals surface area contributed by atoms with Crippen LogP contribution in [-0.4, -0.2) is 27.1 Å². The molecule has 34 heavy (non-hydrogen) atoms. The Morgan fingerprint density at radius 1 is 0.824 bits per heavy atom. The van der Waals surface area contributed by atoms with Crippen LogP contribution in [0.2, 0.25) is 0 Å². The predicted octanol–water partition coefficient (Wildman–Crippen LogP) is 3.66.